The van der Waals surface area contributed by atoms with Crippen LogP contribution in [0, 0.1) is 0 Å². The molecule has 1 heterocycles. The summed E-state index contributed by atoms with van der Waals surface area (Å²) >= 11 is 0. The van der Waals surface area contributed by atoms with Crippen LogP contribution < -0.4 is 5.73 Å². The molecule has 3 aromatic rings. The van der Waals surface area contributed by atoms with Crippen LogP contribution >= 0.6 is 0 Å². The number of likely N-dealkylation sites (N-methyl/N-ethyl adjacent to an activating group) is 1. The van der Waals surface area contributed by atoms with E-state index in [0.29, 0.717) is 12.1 Å². The summed E-state index contributed by atoms with van der Waals surface area (Å²) in [6.07, 6.45) is 2.95. The van der Waals surface area contributed by atoms with Gasteiger partial charge in [0.05, 0.1) is 11.6 Å². The first-order valence-corrected chi connectivity index (χ1v) is 10.2. The summed E-state index contributed by atoms with van der Waals surface area (Å²) in [5, 5.41) is 0. The zero-order chi connectivity index (χ0) is 21.3. The Balaban J connectivity index is 1.91. The number of carbonyl (C=O) groups excluding carboxylic acids is 2. The van der Waals surface area contributed by atoms with Gasteiger partial charge in [0.2, 0.25) is 5.91 Å². The molecule has 0 saturated heterocycles. The van der Waals surface area contributed by atoms with Gasteiger partial charge >= 0.3 is 6.03 Å². The van der Waals surface area contributed by atoms with Crippen LogP contribution in [0.25, 0.3) is 0 Å². The zero-order valence-corrected chi connectivity index (χ0v) is 17.1. The molecule has 154 valence electrons. The lowest BCUT2D eigenvalue weighted by Gasteiger charge is -2.25. The molecule has 1 unspecified atom stereocenters. The maximum atomic E-state index is 13.2. The fourth-order valence-corrected chi connectivity index (χ4v) is 3.82. The third-order valence-electron chi connectivity index (χ3n) is 5.34. The van der Waals surface area contributed by atoms with Gasteiger partial charge in [-0.1, -0.05) is 66.7 Å². The summed E-state index contributed by atoms with van der Waals surface area (Å²) in [5.74, 6) is -0.702. The number of imide groups is 1. The Morgan fingerprint density at radius 3 is 1.90 bits per heavy atom. The minimum atomic E-state index is -0.730. The first-order chi connectivity index (χ1) is 14.6. The number of hydrogen-bond donors (Lipinski definition) is 1. The van der Waals surface area contributed by atoms with Crippen LogP contribution in [0.5, 0.6) is 0 Å². The van der Waals surface area contributed by atoms with Crippen LogP contribution in [0.1, 0.15) is 48.4 Å². The Bertz CT molecular complexity index is 906. The predicted octanol–water partition coefficient (Wildman–Crippen LogP) is 4.70. The topological polar surface area (TPSA) is 76.3 Å². The number of benzene rings is 2. The molecule has 0 spiro atoms. The molecule has 0 bridgehead atoms. The lowest BCUT2D eigenvalue weighted by atomic mass is 9.84. The number of nitrogens with zero attached hydrogens (tertiary/aromatic N) is 2. The first-order valence-electron chi connectivity index (χ1n) is 10.2. The highest BCUT2D eigenvalue weighted by molar-refractivity contribution is 5.97. The Kier molecular flexibility index (Phi) is 7.33. The van der Waals surface area contributed by atoms with Crippen molar-refractivity contribution in [3.05, 3.63) is 102 Å². The van der Waals surface area contributed by atoms with Gasteiger partial charge in [-0.3, -0.25) is 14.7 Å². The van der Waals surface area contributed by atoms with Gasteiger partial charge in [0.15, 0.2) is 0 Å². The Labute approximate surface area is 177 Å². The van der Waals surface area contributed by atoms with E-state index in [1.165, 1.54) is 11.1 Å². The molecule has 3 rings (SSSR count). The first kappa shape index (κ1) is 21.2. The molecule has 30 heavy (non-hydrogen) atoms. The zero-order valence-electron chi connectivity index (χ0n) is 17.1. The van der Waals surface area contributed by atoms with Gasteiger partial charge in [0, 0.05) is 18.7 Å². The molecule has 0 aliphatic heterocycles. The molecule has 2 N–H and O–H groups in total. The van der Waals surface area contributed by atoms with Gasteiger partial charge in [-0.15, -0.1) is 0 Å². The minimum absolute atomic E-state index is 0.134. The van der Waals surface area contributed by atoms with Crippen LogP contribution in [-0.2, 0) is 4.79 Å². The monoisotopic (exact) mass is 401 g/mol. The van der Waals surface area contributed by atoms with Gasteiger partial charge in [0.25, 0.3) is 0 Å². The number of pyridine rings is 1. The SMILES string of the molecule is CCN(C(N)=O)C(=O)C(CCC(c1ccccc1)c1ccccc1)c1ccccn1. The van der Waals surface area contributed by atoms with E-state index in [-0.39, 0.29) is 18.4 Å². The third-order valence-corrected chi connectivity index (χ3v) is 5.34. The van der Waals surface area contributed by atoms with Crippen LogP contribution in [0.3, 0.4) is 0 Å². The molecule has 3 amide bonds. The van der Waals surface area contributed by atoms with E-state index in [2.05, 4.69) is 29.2 Å². The average molecular weight is 402 g/mol. The second-order valence-corrected chi connectivity index (χ2v) is 7.18. The Morgan fingerprint density at radius 1 is 0.867 bits per heavy atom. The molecule has 1 atom stereocenters. The van der Waals surface area contributed by atoms with Gasteiger partial charge < -0.3 is 5.73 Å². The quantitative estimate of drug-likeness (QED) is 0.594. The molecule has 2 aromatic carbocycles. The van der Waals surface area contributed by atoms with Gasteiger partial charge in [-0.2, -0.15) is 0 Å². The minimum Gasteiger partial charge on any atom is -0.351 e. The number of carbonyl (C=O) groups is 2. The van der Waals surface area contributed by atoms with E-state index in [4.69, 9.17) is 5.73 Å². The summed E-state index contributed by atoms with van der Waals surface area (Å²) in [4.78, 5) is 30.5. The molecule has 0 aliphatic carbocycles. The number of rotatable bonds is 8. The lowest BCUT2D eigenvalue weighted by Crippen LogP contribution is -2.43. The van der Waals surface area contributed by atoms with Crippen molar-refractivity contribution in [2.75, 3.05) is 6.54 Å². The molecule has 5 heteroatoms. The Hall–Kier alpha value is -3.47. The normalized spacial score (nSPS) is 11.8. The van der Waals surface area contributed by atoms with Crippen molar-refractivity contribution >= 4 is 11.9 Å². The average Bonchev–Trinajstić information content (AvgIpc) is 2.78. The molecule has 0 saturated carbocycles. The summed E-state index contributed by atoms with van der Waals surface area (Å²) in [7, 11) is 0. The standard InChI is InChI=1S/C25H27N3O2/c1-2-28(25(26)30)24(29)22(23-15-9-10-18-27-23)17-16-21(19-11-5-3-6-12-19)20-13-7-4-8-14-20/h3-15,18,21-22H,2,16-17H2,1H3,(H2,26,30). The number of primary amides is 1. The summed E-state index contributed by atoms with van der Waals surface area (Å²) in [6.45, 7) is 1.98. The highest BCUT2D eigenvalue weighted by Gasteiger charge is 2.30. The smallest absolute Gasteiger partial charge is 0.321 e. The van der Waals surface area contributed by atoms with Crippen molar-refractivity contribution in [1.29, 1.82) is 0 Å². The molecular formula is C25H27N3O2. The maximum Gasteiger partial charge on any atom is 0.321 e. The fourth-order valence-electron chi connectivity index (χ4n) is 3.82. The fraction of sp³-hybridized carbons (Fsp3) is 0.240. The molecule has 5 nitrogen and oxygen atoms in total. The summed E-state index contributed by atoms with van der Waals surface area (Å²) < 4.78 is 0. The van der Waals surface area contributed by atoms with E-state index in [0.717, 1.165) is 11.3 Å². The summed E-state index contributed by atoms with van der Waals surface area (Å²) in [6, 6.07) is 25.3. The van der Waals surface area contributed by atoms with Gasteiger partial charge in [0.1, 0.15) is 0 Å². The van der Waals surface area contributed by atoms with E-state index < -0.39 is 11.9 Å². The van der Waals surface area contributed by atoms with Crippen molar-refractivity contribution in [1.82, 2.24) is 9.88 Å². The number of aromatic nitrogens is 1. The van der Waals surface area contributed by atoms with E-state index in [1.807, 2.05) is 54.6 Å². The highest BCUT2D eigenvalue weighted by atomic mass is 16.2. The van der Waals surface area contributed by atoms with Crippen molar-refractivity contribution < 1.29 is 9.59 Å². The number of nitrogens with two attached hydrogens (primary N) is 1. The predicted molar refractivity (Wildman–Crippen MR) is 118 cm³/mol. The summed E-state index contributed by atoms with van der Waals surface area (Å²) in [5.41, 5.74) is 8.49. The van der Waals surface area contributed by atoms with Gasteiger partial charge in [-0.25, -0.2) is 4.79 Å². The van der Waals surface area contributed by atoms with Crippen LogP contribution in [0.15, 0.2) is 85.1 Å². The van der Waals surface area contributed by atoms with E-state index in [1.54, 1.807) is 13.1 Å². The molecule has 0 radical (unpaired) electrons. The highest BCUT2D eigenvalue weighted by Crippen LogP contribution is 2.33. The van der Waals surface area contributed by atoms with Crippen molar-refractivity contribution in [2.24, 2.45) is 5.73 Å². The van der Waals surface area contributed by atoms with Crippen molar-refractivity contribution in [2.45, 2.75) is 31.6 Å². The lowest BCUT2D eigenvalue weighted by molar-refractivity contribution is -0.129. The number of hydrogen-bond acceptors (Lipinski definition) is 3. The second kappa shape index (κ2) is 10.3. The van der Waals surface area contributed by atoms with E-state index in [9.17, 15) is 9.59 Å². The molecular weight excluding hydrogens is 374 g/mol. The molecule has 0 aliphatic rings. The Morgan fingerprint density at radius 2 is 1.43 bits per heavy atom. The van der Waals surface area contributed by atoms with Crippen molar-refractivity contribution in [3.8, 4) is 0 Å². The van der Waals surface area contributed by atoms with Crippen LogP contribution in [0.2, 0.25) is 0 Å². The number of urea groups is 1. The van der Waals surface area contributed by atoms with Gasteiger partial charge in [-0.05, 0) is 43.0 Å². The van der Waals surface area contributed by atoms with Crippen LogP contribution in [0.4, 0.5) is 4.79 Å². The van der Waals surface area contributed by atoms with Crippen molar-refractivity contribution in [3.63, 3.8) is 0 Å². The second-order valence-electron chi connectivity index (χ2n) is 7.18. The number of amides is 3. The largest absolute Gasteiger partial charge is 0.351 e. The third kappa shape index (κ3) is 5.11. The molecule has 0 fully saturated rings. The van der Waals surface area contributed by atoms with Crippen LogP contribution in [-0.4, -0.2) is 28.4 Å². The van der Waals surface area contributed by atoms with E-state index >= 15 is 0 Å². The maximum absolute atomic E-state index is 13.2. The molecule has 1 aromatic heterocycles.